The van der Waals surface area contributed by atoms with Crippen molar-refractivity contribution in [2.45, 2.75) is 12.5 Å². The number of β-amino-alcohol motifs (C(OH)–C–C–N with tert-alkyl or cyclic N) is 1. The fourth-order valence-corrected chi connectivity index (χ4v) is 1.47. The molecular formula is C8H11N3O2. The molecule has 1 fully saturated rings. The number of hydrogen-bond acceptors (Lipinski definition) is 3. The zero-order valence-electron chi connectivity index (χ0n) is 7.32. The molecule has 1 aromatic rings. The second kappa shape index (κ2) is 2.56. The van der Waals surface area contributed by atoms with E-state index in [1.165, 1.54) is 6.20 Å². The first-order valence-electron chi connectivity index (χ1n) is 4.09. The molecule has 0 radical (unpaired) electrons. The maximum absolute atomic E-state index is 11.5. The standard InChI is InChI=1S/C8H11N3O2/c1-8(13)4-11(5-8)7(12)6-2-9-10-3-6/h2-3,13H,4-5H2,1H3,(H,9,10). The maximum Gasteiger partial charge on any atom is 0.257 e. The van der Waals surface area contributed by atoms with Crippen LogP contribution < -0.4 is 0 Å². The third-order valence-electron chi connectivity index (χ3n) is 2.10. The summed E-state index contributed by atoms with van der Waals surface area (Å²) in [5, 5.41) is 15.7. The van der Waals surface area contributed by atoms with Crippen molar-refractivity contribution in [1.29, 1.82) is 0 Å². The Morgan fingerprint density at radius 2 is 2.46 bits per heavy atom. The Kier molecular flexibility index (Phi) is 1.63. The average molecular weight is 181 g/mol. The summed E-state index contributed by atoms with van der Waals surface area (Å²) in [5.41, 5.74) is -0.171. The maximum atomic E-state index is 11.5. The fourth-order valence-electron chi connectivity index (χ4n) is 1.47. The van der Waals surface area contributed by atoms with Gasteiger partial charge in [0, 0.05) is 6.20 Å². The van der Waals surface area contributed by atoms with Crippen molar-refractivity contribution in [3.63, 3.8) is 0 Å². The van der Waals surface area contributed by atoms with E-state index in [4.69, 9.17) is 0 Å². The number of nitrogens with zero attached hydrogens (tertiary/aromatic N) is 2. The normalized spacial score (nSPS) is 19.7. The van der Waals surface area contributed by atoms with Crippen molar-refractivity contribution in [2.24, 2.45) is 0 Å². The molecule has 1 aliphatic heterocycles. The molecule has 0 saturated carbocycles. The summed E-state index contributed by atoms with van der Waals surface area (Å²) in [6.45, 7) is 2.51. The van der Waals surface area contributed by atoms with Crippen LogP contribution in [0.2, 0.25) is 0 Å². The van der Waals surface area contributed by atoms with Crippen LogP contribution in [0.1, 0.15) is 17.3 Å². The molecule has 0 aromatic carbocycles. The molecule has 13 heavy (non-hydrogen) atoms. The van der Waals surface area contributed by atoms with Crippen LogP contribution in [0.3, 0.4) is 0 Å². The first-order chi connectivity index (χ1) is 6.08. The minimum atomic E-state index is -0.709. The lowest BCUT2D eigenvalue weighted by molar-refractivity contribution is -0.0668. The predicted molar refractivity (Wildman–Crippen MR) is 45.1 cm³/mol. The van der Waals surface area contributed by atoms with Gasteiger partial charge in [-0.3, -0.25) is 9.89 Å². The van der Waals surface area contributed by atoms with Gasteiger partial charge in [0.05, 0.1) is 30.5 Å². The zero-order valence-corrected chi connectivity index (χ0v) is 7.32. The number of aliphatic hydroxyl groups is 1. The van der Waals surface area contributed by atoms with Gasteiger partial charge in [0.1, 0.15) is 0 Å². The highest BCUT2D eigenvalue weighted by Crippen LogP contribution is 2.21. The number of rotatable bonds is 1. The van der Waals surface area contributed by atoms with E-state index in [1.54, 1.807) is 18.0 Å². The van der Waals surface area contributed by atoms with Gasteiger partial charge in [-0.2, -0.15) is 5.10 Å². The molecule has 1 amide bonds. The van der Waals surface area contributed by atoms with Gasteiger partial charge in [-0.25, -0.2) is 0 Å². The molecule has 5 heteroatoms. The largest absolute Gasteiger partial charge is 0.386 e. The quantitative estimate of drug-likeness (QED) is 0.620. The lowest BCUT2D eigenvalue weighted by Gasteiger charge is -2.43. The summed E-state index contributed by atoms with van der Waals surface area (Å²) in [6, 6.07) is 0. The molecule has 70 valence electrons. The van der Waals surface area contributed by atoms with E-state index in [2.05, 4.69) is 10.2 Å². The van der Waals surface area contributed by atoms with Crippen LogP contribution in [-0.4, -0.2) is 44.8 Å². The molecule has 5 nitrogen and oxygen atoms in total. The predicted octanol–water partition coefficient (Wildman–Crippen LogP) is -0.384. The molecule has 2 rings (SSSR count). The highest BCUT2D eigenvalue weighted by atomic mass is 16.3. The van der Waals surface area contributed by atoms with Crippen molar-refractivity contribution >= 4 is 5.91 Å². The van der Waals surface area contributed by atoms with Gasteiger partial charge >= 0.3 is 0 Å². The van der Waals surface area contributed by atoms with Gasteiger partial charge in [0.2, 0.25) is 0 Å². The Morgan fingerprint density at radius 1 is 1.77 bits per heavy atom. The van der Waals surface area contributed by atoms with E-state index < -0.39 is 5.60 Å². The third-order valence-corrected chi connectivity index (χ3v) is 2.10. The first-order valence-corrected chi connectivity index (χ1v) is 4.09. The highest BCUT2D eigenvalue weighted by Gasteiger charge is 2.39. The fraction of sp³-hybridized carbons (Fsp3) is 0.500. The SMILES string of the molecule is CC1(O)CN(C(=O)c2cn[nH]c2)C1. The van der Waals surface area contributed by atoms with Crippen LogP contribution in [0.5, 0.6) is 0 Å². The number of likely N-dealkylation sites (tertiary alicyclic amines) is 1. The van der Waals surface area contributed by atoms with E-state index in [0.29, 0.717) is 18.7 Å². The van der Waals surface area contributed by atoms with Crippen molar-refractivity contribution in [3.8, 4) is 0 Å². The van der Waals surface area contributed by atoms with E-state index in [0.717, 1.165) is 0 Å². The molecule has 1 aromatic heterocycles. The number of hydrogen-bond donors (Lipinski definition) is 2. The van der Waals surface area contributed by atoms with Crippen molar-refractivity contribution in [1.82, 2.24) is 15.1 Å². The molecule has 0 aliphatic carbocycles. The second-order valence-electron chi connectivity index (χ2n) is 3.65. The molecule has 2 heterocycles. The van der Waals surface area contributed by atoms with Crippen LogP contribution in [0.25, 0.3) is 0 Å². The molecule has 1 saturated heterocycles. The average Bonchev–Trinajstić information content (AvgIpc) is 2.50. The number of amides is 1. The van der Waals surface area contributed by atoms with E-state index in [9.17, 15) is 9.90 Å². The van der Waals surface area contributed by atoms with Gasteiger partial charge in [-0.05, 0) is 6.92 Å². The summed E-state index contributed by atoms with van der Waals surface area (Å²) in [5.74, 6) is -0.0831. The van der Waals surface area contributed by atoms with Crippen LogP contribution in [0.4, 0.5) is 0 Å². The van der Waals surface area contributed by atoms with Gasteiger partial charge in [-0.15, -0.1) is 0 Å². The summed E-state index contributed by atoms with van der Waals surface area (Å²) in [6.07, 6.45) is 3.03. The van der Waals surface area contributed by atoms with Crippen LogP contribution in [0, 0.1) is 0 Å². The molecule has 0 unspecified atom stereocenters. The number of aromatic amines is 1. The summed E-state index contributed by atoms with van der Waals surface area (Å²) in [7, 11) is 0. The summed E-state index contributed by atoms with van der Waals surface area (Å²) in [4.78, 5) is 13.1. The number of nitrogens with one attached hydrogen (secondary N) is 1. The monoisotopic (exact) mass is 181 g/mol. The number of carbonyl (C=O) groups excluding carboxylic acids is 1. The second-order valence-corrected chi connectivity index (χ2v) is 3.65. The van der Waals surface area contributed by atoms with Gasteiger partial charge in [0.15, 0.2) is 0 Å². The van der Waals surface area contributed by atoms with Crippen LogP contribution in [0.15, 0.2) is 12.4 Å². The lowest BCUT2D eigenvalue weighted by Crippen LogP contribution is -2.61. The van der Waals surface area contributed by atoms with Gasteiger partial charge in [-0.1, -0.05) is 0 Å². The molecular weight excluding hydrogens is 170 g/mol. The molecule has 0 bridgehead atoms. The van der Waals surface area contributed by atoms with Crippen LogP contribution >= 0.6 is 0 Å². The Bertz CT molecular complexity index is 310. The Hall–Kier alpha value is -1.36. The highest BCUT2D eigenvalue weighted by molar-refractivity contribution is 5.94. The van der Waals surface area contributed by atoms with Crippen molar-refractivity contribution in [2.75, 3.05) is 13.1 Å². The molecule has 0 spiro atoms. The van der Waals surface area contributed by atoms with Crippen molar-refractivity contribution < 1.29 is 9.90 Å². The number of aromatic nitrogens is 2. The van der Waals surface area contributed by atoms with Gasteiger partial charge < -0.3 is 10.0 Å². The minimum Gasteiger partial charge on any atom is -0.386 e. The smallest absolute Gasteiger partial charge is 0.257 e. The summed E-state index contributed by atoms with van der Waals surface area (Å²) < 4.78 is 0. The lowest BCUT2D eigenvalue weighted by atomic mass is 9.96. The number of H-pyrrole nitrogens is 1. The van der Waals surface area contributed by atoms with E-state index in [1.807, 2.05) is 0 Å². The van der Waals surface area contributed by atoms with Gasteiger partial charge in [0.25, 0.3) is 5.91 Å². The number of carbonyl (C=O) groups is 1. The Morgan fingerprint density at radius 3 is 2.92 bits per heavy atom. The van der Waals surface area contributed by atoms with E-state index >= 15 is 0 Å². The third kappa shape index (κ3) is 1.42. The Labute approximate surface area is 75.4 Å². The van der Waals surface area contributed by atoms with Crippen LogP contribution in [-0.2, 0) is 0 Å². The molecule has 2 N–H and O–H groups in total. The zero-order chi connectivity index (χ0) is 9.47. The molecule has 0 atom stereocenters. The van der Waals surface area contributed by atoms with E-state index in [-0.39, 0.29) is 5.91 Å². The molecule has 1 aliphatic rings. The minimum absolute atomic E-state index is 0.0831. The van der Waals surface area contributed by atoms with Crippen molar-refractivity contribution in [3.05, 3.63) is 18.0 Å². The first kappa shape index (κ1) is 8.25. The summed E-state index contributed by atoms with van der Waals surface area (Å²) >= 11 is 0. The topological polar surface area (TPSA) is 69.2 Å². The Balaban J connectivity index is 2.02.